The van der Waals surface area contributed by atoms with Gasteiger partial charge in [0.1, 0.15) is 0 Å². The number of hydrogen-bond acceptors (Lipinski definition) is 2. The lowest BCUT2D eigenvalue weighted by Crippen LogP contribution is -2.18. The SMILES string of the molecule is C#CCc1ccc(S(=O)(=O)NC)cc1. The normalized spacial score (nSPS) is 10.9. The van der Waals surface area contributed by atoms with Crippen LogP contribution < -0.4 is 4.72 Å². The van der Waals surface area contributed by atoms with Gasteiger partial charge in [0.05, 0.1) is 4.90 Å². The van der Waals surface area contributed by atoms with Gasteiger partial charge in [-0.15, -0.1) is 12.3 Å². The van der Waals surface area contributed by atoms with Gasteiger partial charge in [-0.1, -0.05) is 12.1 Å². The first-order chi connectivity index (χ1) is 6.60. The fraction of sp³-hybridized carbons (Fsp3) is 0.200. The largest absolute Gasteiger partial charge is 0.240 e. The summed E-state index contributed by atoms with van der Waals surface area (Å²) in [5.41, 5.74) is 0.933. The molecule has 1 aromatic rings. The minimum absolute atomic E-state index is 0.251. The van der Waals surface area contributed by atoms with Crippen LogP contribution in [0.15, 0.2) is 29.2 Å². The summed E-state index contributed by atoms with van der Waals surface area (Å²) >= 11 is 0. The Balaban J connectivity index is 3.01. The zero-order chi connectivity index (χ0) is 10.6. The van der Waals surface area contributed by atoms with Gasteiger partial charge < -0.3 is 0 Å². The summed E-state index contributed by atoms with van der Waals surface area (Å²) in [6, 6.07) is 6.51. The van der Waals surface area contributed by atoms with Crippen LogP contribution in [0.25, 0.3) is 0 Å². The van der Waals surface area contributed by atoms with Gasteiger partial charge in [-0.2, -0.15) is 0 Å². The standard InChI is InChI=1S/C10H11NO2S/c1-3-4-9-5-7-10(8-6-9)14(12,13)11-2/h1,5-8,11H,4H2,2H3. The number of nitrogens with one attached hydrogen (secondary N) is 1. The Kier molecular flexibility index (Phi) is 3.28. The second-order valence-electron chi connectivity index (χ2n) is 2.73. The maximum absolute atomic E-state index is 11.3. The van der Waals surface area contributed by atoms with Crippen LogP contribution in [0.3, 0.4) is 0 Å². The Morgan fingerprint density at radius 3 is 2.36 bits per heavy atom. The third-order valence-corrected chi connectivity index (χ3v) is 3.24. The molecule has 74 valence electrons. The summed E-state index contributed by atoms with van der Waals surface area (Å²) in [7, 11) is -1.95. The highest BCUT2D eigenvalue weighted by atomic mass is 32.2. The number of terminal acetylenes is 1. The third kappa shape index (κ3) is 2.34. The average Bonchev–Trinajstić information content (AvgIpc) is 2.19. The summed E-state index contributed by atoms with van der Waals surface area (Å²) in [6.07, 6.45) is 5.64. The Morgan fingerprint density at radius 2 is 1.93 bits per heavy atom. The maximum Gasteiger partial charge on any atom is 0.240 e. The molecule has 0 fully saturated rings. The lowest BCUT2D eigenvalue weighted by atomic mass is 10.2. The minimum Gasteiger partial charge on any atom is -0.214 e. The van der Waals surface area contributed by atoms with Gasteiger partial charge in [-0.05, 0) is 24.7 Å². The Bertz CT molecular complexity index is 440. The van der Waals surface area contributed by atoms with E-state index in [0.29, 0.717) is 6.42 Å². The summed E-state index contributed by atoms with van der Waals surface area (Å²) in [4.78, 5) is 0.251. The van der Waals surface area contributed by atoms with Crippen LogP contribution in [0.4, 0.5) is 0 Å². The third-order valence-electron chi connectivity index (χ3n) is 1.81. The van der Waals surface area contributed by atoms with Crippen molar-refractivity contribution in [1.82, 2.24) is 4.72 Å². The van der Waals surface area contributed by atoms with Gasteiger partial charge in [-0.3, -0.25) is 0 Å². The van der Waals surface area contributed by atoms with Crippen molar-refractivity contribution < 1.29 is 8.42 Å². The van der Waals surface area contributed by atoms with Crippen LogP contribution in [0, 0.1) is 12.3 Å². The molecule has 1 rings (SSSR count). The molecule has 0 atom stereocenters. The molecule has 0 radical (unpaired) electrons. The van der Waals surface area contributed by atoms with E-state index in [1.165, 1.54) is 7.05 Å². The molecule has 0 aromatic heterocycles. The zero-order valence-corrected chi connectivity index (χ0v) is 8.64. The molecule has 0 heterocycles. The van der Waals surface area contributed by atoms with E-state index in [4.69, 9.17) is 6.42 Å². The fourth-order valence-electron chi connectivity index (χ4n) is 1.02. The summed E-state index contributed by atoms with van der Waals surface area (Å²) in [5.74, 6) is 2.49. The zero-order valence-electron chi connectivity index (χ0n) is 7.82. The van der Waals surface area contributed by atoms with Gasteiger partial charge in [0.15, 0.2) is 0 Å². The fourth-order valence-corrected chi connectivity index (χ4v) is 1.75. The predicted molar refractivity (Wildman–Crippen MR) is 55.2 cm³/mol. The Morgan fingerprint density at radius 1 is 1.36 bits per heavy atom. The molecule has 0 aliphatic carbocycles. The van der Waals surface area contributed by atoms with E-state index in [1.54, 1.807) is 24.3 Å². The molecule has 0 aliphatic rings. The first kappa shape index (κ1) is 10.8. The molecule has 1 aromatic carbocycles. The molecule has 0 amide bonds. The van der Waals surface area contributed by atoms with Crippen molar-refractivity contribution in [2.75, 3.05) is 7.05 Å². The highest BCUT2D eigenvalue weighted by Crippen LogP contribution is 2.09. The van der Waals surface area contributed by atoms with Crippen LogP contribution in [0.5, 0.6) is 0 Å². The van der Waals surface area contributed by atoms with Crippen molar-refractivity contribution in [3.63, 3.8) is 0 Å². The van der Waals surface area contributed by atoms with Crippen molar-refractivity contribution in [2.24, 2.45) is 0 Å². The monoisotopic (exact) mass is 209 g/mol. The molecule has 0 bridgehead atoms. The highest BCUT2D eigenvalue weighted by Gasteiger charge is 2.09. The van der Waals surface area contributed by atoms with Crippen molar-refractivity contribution in [2.45, 2.75) is 11.3 Å². The number of benzene rings is 1. The van der Waals surface area contributed by atoms with Crippen LogP contribution in [-0.2, 0) is 16.4 Å². The van der Waals surface area contributed by atoms with Crippen LogP contribution in [-0.4, -0.2) is 15.5 Å². The second-order valence-corrected chi connectivity index (χ2v) is 4.62. The Hall–Kier alpha value is -1.31. The number of sulfonamides is 1. The lowest BCUT2D eigenvalue weighted by molar-refractivity contribution is 0.588. The summed E-state index contributed by atoms with van der Waals surface area (Å²) in [6.45, 7) is 0. The predicted octanol–water partition coefficient (Wildman–Crippen LogP) is 0.770. The van der Waals surface area contributed by atoms with E-state index in [0.717, 1.165) is 5.56 Å². The molecule has 14 heavy (non-hydrogen) atoms. The topological polar surface area (TPSA) is 46.2 Å². The van der Waals surface area contributed by atoms with E-state index < -0.39 is 10.0 Å². The first-order valence-corrected chi connectivity index (χ1v) is 5.54. The van der Waals surface area contributed by atoms with E-state index >= 15 is 0 Å². The van der Waals surface area contributed by atoms with E-state index in [-0.39, 0.29) is 4.90 Å². The maximum atomic E-state index is 11.3. The van der Waals surface area contributed by atoms with Crippen molar-refractivity contribution >= 4 is 10.0 Å². The molecule has 4 heteroatoms. The minimum atomic E-state index is -3.33. The second kappa shape index (κ2) is 4.27. The summed E-state index contributed by atoms with van der Waals surface area (Å²) in [5, 5.41) is 0. The van der Waals surface area contributed by atoms with Gasteiger partial charge in [0.25, 0.3) is 0 Å². The number of hydrogen-bond donors (Lipinski definition) is 1. The van der Waals surface area contributed by atoms with Gasteiger partial charge in [0, 0.05) is 6.42 Å². The van der Waals surface area contributed by atoms with Crippen molar-refractivity contribution in [3.05, 3.63) is 29.8 Å². The van der Waals surface area contributed by atoms with Gasteiger partial charge in [0.2, 0.25) is 10.0 Å². The quantitative estimate of drug-likeness (QED) is 0.747. The summed E-state index contributed by atoms with van der Waals surface area (Å²) < 4.78 is 24.9. The molecule has 1 N–H and O–H groups in total. The van der Waals surface area contributed by atoms with E-state index in [2.05, 4.69) is 10.6 Å². The molecule has 0 spiro atoms. The van der Waals surface area contributed by atoms with Gasteiger partial charge in [-0.25, -0.2) is 13.1 Å². The van der Waals surface area contributed by atoms with E-state index in [1.807, 2.05) is 0 Å². The molecule has 0 saturated heterocycles. The number of rotatable bonds is 3. The van der Waals surface area contributed by atoms with Crippen molar-refractivity contribution in [1.29, 1.82) is 0 Å². The average molecular weight is 209 g/mol. The van der Waals surface area contributed by atoms with Crippen LogP contribution >= 0.6 is 0 Å². The molecule has 0 unspecified atom stereocenters. The molecular weight excluding hydrogens is 198 g/mol. The highest BCUT2D eigenvalue weighted by molar-refractivity contribution is 7.89. The first-order valence-electron chi connectivity index (χ1n) is 4.06. The van der Waals surface area contributed by atoms with Crippen LogP contribution in [0.1, 0.15) is 5.56 Å². The van der Waals surface area contributed by atoms with E-state index in [9.17, 15) is 8.42 Å². The molecular formula is C10H11NO2S. The lowest BCUT2D eigenvalue weighted by Gasteiger charge is -2.02. The Labute approximate surface area is 84.2 Å². The molecule has 0 saturated carbocycles. The van der Waals surface area contributed by atoms with Crippen molar-refractivity contribution in [3.8, 4) is 12.3 Å². The van der Waals surface area contributed by atoms with Gasteiger partial charge >= 0.3 is 0 Å². The molecule has 0 aliphatic heterocycles. The van der Waals surface area contributed by atoms with Crippen LogP contribution in [0.2, 0.25) is 0 Å². The smallest absolute Gasteiger partial charge is 0.214 e. The molecule has 3 nitrogen and oxygen atoms in total.